The van der Waals surface area contributed by atoms with Gasteiger partial charge in [-0.15, -0.1) is 0 Å². The van der Waals surface area contributed by atoms with Gasteiger partial charge in [0.15, 0.2) is 26.7 Å². The summed E-state index contributed by atoms with van der Waals surface area (Å²) >= 11 is 0. The van der Waals surface area contributed by atoms with Gasteiger partial charge in [-0.1, -0.05) is 51.1 Å². The van der Waals surface area contributed by atoms with Crippen molar-refractivity contribution in [2.45, 2.75) is 141 Å². The van der Waals surface area contributed by atoms with Crippen LogP contribution < -0.4 is 0 Å². The highest BCUT2D eigenvalue weighted by Crippen LogP contribution is 2.42. The molecule has 0 aliphatic carbocycles. The topological polar surface area (TPSA) is 73.8 Å². The summed E-state index contributed by atoms with van der Waals surface area (Å²) in [5.74, 6) is -0.759. The first-order chi connectivity index (χ1) is 17.7. The number of hydrogen-bond donors (Lipinski definition) is 0. The molecule has 8 nitrogen and oxygen atoms in total. The van der Waals surface area contributed by atoms with E-state index in [1.54, 1.807) is 7.11 Å². The molecule has 3 aliphatic heterocycles. The molecule has 0 radical (unpaired) electrons. The Labute approximate surface area is 229 Å². The van der Waals surface area contributed by atoms with Crippen LogP contribution in [0.15, 0.2) is 30.3 Å². The Morgan fingerprint density at radius 3 is 2.21 bits per heavy atom. The summed E-state index contributed by atoms with van der Waals surface area (Å²) in [5.41, 5.74) is 1.12. The number of hydrogen-bond acceptors (Lipinski definition) is 8. The van der Waals surface area contributed by atoms with Gasteiger partial charge in [0.25, 0.3) is 0 Å². The maximum atomic E-state index is 6.89. The van der Waals surface area contributed by atoms with Crippen molar-refractivity contribution in [3.05, 3.63) is 35.9 Å². The second-order valence-corrected chi connectivity index (χ2v) is 17.6. The number of rotatable bonds is 8. The average Bonchev–Trinajstić information content (AvgIpc) is 3.16. The van der Waals surface area contributed by atoms with Crippen molar-refractivity contribution >= 4 is 8.32 Å². The van der Waals surface area contributed by atoms with E-state index in [1.165, 1.54) is 0 Å². The Morgan fingerprint density at radius 2 is 1.58 bits per heavy atom. The first kappa shape index (κ1) is 30.1. The van der Waals surface area contributed by atoms with E-state index in [0.717, 1.165) is 5.56 Å². The van der Waals surface area contributed by atoms with Crippen LogP contribution in [-0.4, -0.2) is 76.5 Å². The van der Waals surface area contributed by atoms with E-state index in [0.29, 0.717) is 13.0 Å². The minimum atomic E-state index is -2.08. The summed E-state index contributed by atoms with van der Waals surface area (Å²) < 4.78 is 50.6. The minimum absolute atomic E-state index is 0.0679. The molecule has 0 unspecified atom stereocenters. The molecule has 216 valence electrons. The minimum Gasteiger partial charge on any atom is -0.409 e. The Bertz CT molecular complexity index is 904. The van der Waals surface area contributed by atoms with Gasteiger partial charge in [-0.3, -0.25) is 0 Å². The van der Waals surface area contributed by atoms with Crippen LogP contribution in [0.2, 0.25) is 18.1 Å². The molecule has 4 rings (SSSR count). The molecule has 9 atom stereocenters. The molecule has 3 heterocycles. The third-order valence-corrected chi connectivity index (χ3v) is 12.7. The Morgan fingerprint density at radius 1 is 0.947 bits per heavy atom. The lowest BCUT2D eigenvalue weighted by atomic mass is 9.98. The van der Waals surface area contributed by atoms with Crippen LogP contribution in [0, 0.1) is 0 Å². The van der Waals surface area contributed by atoms with Crippen molar-refractivity contribution in [2.75, 3.05) is 7.11 Å². The molecular formula is C29H48O8Si. The summed E-state index contributed by atoms with van der Waals surface area (Å²) in [6, 6.07) is 10.2. The molecule has 38 heavy (non-hydrogen) atoms. The normalized spacial score (nSPS) is 37.7. The summed E-state index contributed by atoms with van der Waals surface area (Å²) in [6.07, 6.45) is -2.51. The molecule has 9 heteroatoms. The van der Waals surface area contributed by atoms with Gasteiger partial charge in [0.05, 0.1) is 31.0 Å². The summed E-state index contributed by atoms with van der Waals surface area (Å²) in [5, 5.41) is 0.0679. The zero-order valence-corrected chi connectivity index (χ0v) is 25.8. The second kappa shape index (κ2) is 11.5. The number of fused-ring (bicyclic) bond motifs is 1. The van der Waals surface area contributed by atoms with Crippen molar-refractivity contribution in [2.24, 2.45) is 0 Å². The van der Waals surface area contributed by atoms with Crippen LogP contribution in [0.1, 0.15) is 60.5 Å². The van der Waals surface area contributed by atoms with Crippen molar-refractivity contribution < 1.29 is 37.6 Å². The first-order valence-corrected chi connectivity index (χ1v) is 16.8. The molecule has 3 saturated heterocycles. The van der Waals surface area contributed by atoms with Crippen molar-refractivity contribution in [1.29, 1.82) is 0 Å². The maximum absolute atomic E-state index is 6.89. The van der Waals surface area contributed by atoms with E-state index in [1.807, 2.05) is 39.0 Å². The van der Waals surface area contributed by atoms with Gasteiger partial charge >= 0.3 is 0 Å². The van der Waals surface area contributed by atoms with E-state index in [9.17, 15) is 0 Å². The monoisotopic (exact) mass is 552 g/mol. The quantitative estimate of drug-likeness (QED) is 0.397. The molecule has 1 aromatic rings. The lowest BCUT2D eigenvalue weighted by molar-refractivity contribution is -0.318. The van der Waals surface area contributed by atoms with Gasteiger partial charge in [0, 0.05) is 13.5 Å². The number of benzene rings is 1. The Hall–Kier alpha value is -0.883. The predicted octanol–water partition coefficient (Wildman–Crippen LogP) is 5.39. The number of ether oxygens (including phenoxy) is 7. The van der Waals surface area contributed by atoms with Gasteiger partial charge in [0.1, 0.15) is 18.3 Å². The standard InChI is InChI=1S/C29H48O8Si/c1-18-23(37-38(9,10)28(3,4)5)21(31-17-20-14-12-11-13-15-20)16-22(32-18)34-24-19(2)33-27(30-8)26-25(24)35-29(6,7)36-26/h11-15,18-19,21-27H,16-17H2,1-10H3/t18-,19+,21+,22+,23-,24+,25-,26-,27-/m1/s1. The van der Waals surface area contributed by atoms with E-state index >= 15 is 0 Å². The van der Waals surface area contributed by atoms with Gasteiger partial charge in [-0.05, 0) is 51.4 Å². The first-order valence-electron chi connectivity index (χ1n) is 13.9. The molecule has 0 bridgehead atoms. The van der Waals surface area contributed by atoms with E-state index in [2.05, 4.69) is 52.9 Å². The zero-order valence-electron chi connectivity index (χ0n) is 24.8. The fraction of sp³-hybridized carbons (Fsp3) is 0.793. The predicted molar refractivity (Wildman–Crippen MR) is 146 cm³/mol. The van der Waals surface area contributed by atoms with E-state index < -0.39 is 38.9 Å². The third-order valence-electron chi connectivity index (χ3n) is 8.27. The van der Waals surface area contributed by atoms with Crippen LogP contribution in [0.4, 0.5) is 0 Å². The van der Waals surface area contributed by atoms with Crippen LogP contribution in [0.5, 0.6) is 0 Å². The lowest BCUT2D eigenvalue weighted by Crippen LogP contribution is -2.60. The average molecular weight is 553 g/mol. The molecule has 0 amide bonds. The number of methoxy groups -OCH3 is 1. The summed E-state index contributed by atoms with van der Waals surface area (Å²) in [6.45, 7) is 19.6. The molecule has 1 aromatic carbocycles. The van der Waals surface area contributed by atoms with Crippen molar-refractivity contribution in [3.63, 3.8) is 0 Å². The fourth-order valence-corrected chi connectivity index (χ4v) is 6.56. The van der Waals surface area contributed by atoms with Crippen LogP contribution in [-0.2, 0) is 44.2 Å². The molecule has 0 N–H and O–H groups in total. The highest BCUT2D eigenvalue weighted by molar-refractivity contribution is 6.74. The van der Waals surface area contributed by atoms with Crippen molar-refractivity contribution in [1.82, 2.24) is 0 Å². The maximum Gasteiger partial charge on any atom is 0.192 e. The van der Waals surface area contributed by atoms with Gasteiger partial charge < -0.3 is 37.6 Å². The molecule has 0 aromatic heterocycles. The highest BCUT2D eigenvalue weighted by Gasteiger charge is 2.56. The Kier molecular flexibility index (Phi) is 9.14. The van der Waals surface area contributed by atoms with Crippen molar-refractivity contribution in [3.8, 4) is 0 Å². The Balaban J connectivity index is 1.51. The third kappa shape index (κ3) is 6.70. The molecule has 0 saturated carbocycles. The lowest BCUT2D eigenvalue weighted by Gasteiger charge is -2.48. The molecule has 3 aliphatic rings. The molecule has 3 fully saturated rings. The van der Waals surface area contributed by atoms with Crippen LogP contribution >= 0.6 is 0 Å². The molecular weight excluding hydrogens is 504 g/mol. The van der Waals surface area contributed by atoms with E-state index in [4.69, 9.17) is 37.6 Å². The molecule has 0 spiro atoms. The smallest absolute Gasteiger partial charge is 0.192 e. The van der Waals surface area contributed by atoms with Crippen LogP contribution in [0.3, 0.4) is 0 Å². The van der Waals surface area contributed by atoms with Gasteiger partial charge in [-0.2, -0.15) is 0 Å². The van der Waals surface area contributed by atoms with Gasteiger partial charge in [-0.25, -0.2) is 0 Å². The van der Waals surface area contributed by atoms with E-state index in [-0.39, 0.29) is 35.6 Å². The SMILES string of the molecule is CO[C@@H]1O[C@@H](C)[C@H](O[C@H]2C[C@H](OCc3ccccc3)[C@H](O[Si](C)(C)C(C)(C)C)[C@@H](C)O2)[C@H]2OC(C)(C)O[C@@H]12. The summed E-state index contributed by atoms with van der Waals surface area (Å²) in [7, 11) is -0.458. The largest absolute Gasteiger partial charge is 0.409 e. The fourth-order valence-electron chi connectivity index (χ4n) is 5.18. The van der Waals surface area contributed by atoms with Crippen LogP contribution in [0.25, 0.3) is 0 Å². The second-order valence-electron chi connectivity index (χ2n) is 12.8. The zero-order chi connectivity index (χ0) is 27.9. The van der Waals surface area contributed by atoms with Gasteiger partial charge in [0.2, 0.25) is 0 Å². The summed E-state index contributed by atoms with van der Waals surface area (Å²) in [4.78, 5) is 0. The highest BCUT2D eigenvalue weighted by atomic mass is 28.4.